The van der Waals surface area contributed by atoms with E-state index in [1.54, 1.807) is 0 Å². The summed E-state index contributed by atoms with van der Waals surface area (Å²) in [5.74, 6) is -0.750. The van der Waals surface area contributed by atoms with Gasteiger partial charge >= 0.3 is 0 Å². The first kappa shape index (κ1) is 20.5. The number of amides is 2. The summed E-state index contributed by atoms with van der Waals surface area (Å²) in [6.07, 6.45) is 1.88. The van der Waals surface area contributed by atoms with Crippen LogP contribution in [0, 0.1) is 5.82 Å². The minimum absolute atomic E-state index is 0.0259. The highest BCUT2D eigenvalue weighted by atomic mass is 19.1. The van der Waals surface area contributed by atoms with Crippen molar-refractivity contribution in [1.82, 2.24) is 10.2 Å². The van der Waals surface area contributed by atoms with Gasteiger partial charge in [-0.05, 0) is 41.5 Å². The maximum absolute atomic E-state index is 14.8. The lowest BCUT2D eigenvalue weighted by Gasteiger charge is -2.28. The molecule has 4 rings (SSSR count). The average molecular weight is 412 g/mol. The number of likely N-dealkylation sites (tertiary alicyclic amines) is 1. The topological polar surface area (TPSA) is 49.4 Å². The van der Waals surface area contributed by atoms with Gasteiger partial charge in [0.1, 0.15) is 18.0 Å². The minimum Gasteiger partial charge on any atom is -0.343 e. The Bertz CT molecular complexity index is 930. The van der Waals surface area contributed by atoms with Crippen LogP contribution in [0.25, 0.3) is 0 Å². The second-order valence-electron chi connectivity index (χ2n) is 8.28. The molecule has 1 aliphatic heterocycles. The fourth-order valence-corrected chi connectivity index (χ4v) is 4.40. The van der Waals surface area contributed by atoms with Gasteiger partial charge in [-0.2, -0.15) is 0 Å². The average Bonchev–Trinajstić information content (AvgIpc) is 3.09. The van der Waals surface area contributed by atoms with E-state index in [1.807, 2.05) is 42.5 Å². The summed E-state index contributed by atoms with van der Waals surface area (Å²) in [5.41, 5.74) is 2.15. The van der Waals surface area contributed by atoms with Gasteiger partial charge in [0.2, 0.25) is 11.8 Å². The number of carbonyl (C=O) groups is 2. The molecule has 1 heterocycles. The van der Waals surface area contributed by atoms with E-state index in [-0.39, 0.29) is 30.6 Å². The standard InChI is InChI=1S/C24H26F2N2O2/c1-15(29)28-14-19(25)13-22(28)24(30)27-23(17-6-3-2-4-7-17)18-10-11-20(21(26)12-18)16-8-5-9-16/h2-4,6-7,10-12,16,19,22-23H,5,8-9,13-14H2,1H3,(H,27,30)/t19-,22+,23+/m1/s1. The molecule has 0 unspecified atom stereocenters. The van der Waals surface area contributed by atoms with Crippen LogP contribution in [0.4, 0.5) is 8.78 Å². The summed E-state index contributed by atoms with van der Waals surface area (Å²) in [7, 11) is 0. The summed E-state index contributed by atoms with van der Waals surface area (Å²) in [6.45, 7) is 1.26. The zero-order valence-electron chi connectivity index (χ0n) is 17.0. The van der Waals surface area contributed by atoms with Crippen LogP contribution in [0.1, 0.15) is 61.3 Å². The van der Waals surface area contributed by atoms with Crippen LogP contribution in [0.15, 0.2) is 48.5 Å². The number of hydrogen-bond acceptors (Lipinski definition) is 2. The van der Waals surface area contributed by atoms with Gasteiger partial charge in [-0.25, -0.2) is 8.78 Å². The van der Waals surface area contributed by atoms with Crippen molar-refractivity contribution in [2.75, 3.05) is 6.54 Å². The number of nitrogens with one attached hydrogen (secondary N) is 1. The molecule has 2 fully saturated rings. The van der Waals surface area contributed by atoms with Crippen molar-refractivity contribution in [3.8, 4) is 0 Å². The zero-order valence-corrected chi connectivity index (χ0v) is 17.0. The molecule has 0 bridgehead atoms. The van der Waals surface area contributed by atoms with Crippen molar-refractivity contribution in [2.24, 2.45) is 0 Å². The van der Waals surface area contributed by atoms with Crippen LogP contribution >= 0.6 is 0 Å². The number of carbonyl (C=O) groups excluding carboxylic acids is 2. The van der Waals surface area contributed by atoms with Gasteiger partial charge in [0.15, 0.2) is 0 Å². The smallest absolute Gasteiger partial charge is 0.243 e. The van der Waals surface area contributed by atoms with Crippen LogP contribution < -0.4 is 5.32 Å². The normalized spacial score (nSPS) is 22.4. The van der Waals surface area contributed by atoms with E-state index in [0.29, 0.717) is 5.56 Å². The molecule has 0 radical (unpaired) electrons. The number of alkyl halides is 1. The molecule has 1 saturated heterocycles. The number of nitrogens with zero attached hydrogens (tertiary/aromatic N) is 1. The number of hydrogen-bond donors (Lipinski definition) is 1. The maximum atomic E-state index is 14.8. The molecule has 2 aliphatic rings. The van der Waals surface area contributed by atoms with Gasteiger partial charge in [0, 0.05) is 13.3 Å². The highest BCUT2D eigenvalue weighted by Crippen LogP contribution is 2.38. The fraction of sp³-hybridized carbons (Fsp3) is 0.417. The van der Waals surface area contributed by atoms with Crippen molar-refractivity contribution in [3.63, 3.8) is 0 Å². The second-order valence-corrected chi connectivity index (χ2v) is 8.28. The molecule has 2 aromatic carbocycles. The fourth-order valence-electron chi connectivity index (χ4n) is 4.40. The largest absolute Gasteiger partial charge is 0.343 e. The monoisotopic (exact) mass is 412 g/mol. The third kappa shape index (κ3) is 4.09. The van der Waals surface area contributed by atoms with Gasteiger partial charge in [0.25, 0.3) is 0 Å². The van der Waals surface area contributed by atoms with Crippen molar-refractivity contribution >= 4 is 11.8 Å². The second kappa shape index (κ2) is 8.54. The summed E-state index contributed by atoms with van der Waals surface area (Å²) >= 11 is 0. The zero-order chi connectivity index (χ0) is 21.3. The molecule has 0 aromatic heterocycles. The predicted octanol–water partition coefficient (Wildman–Crippen LogP) is 4.26. The lowest BCUT2D eigenvalue weighted by Crippen LogP contribution is -2.46. The number of benzene rings is 2. The Morgan fingerprint density at radius 3 is 2.43 bits per heavy atom. The highest BCUT2D eigenvalue weighted by Gasteiger charge is 2.39. The van der Waals surface area contributed by atoms with Crippen LogP contribution in [-0.4, -0.2) is 35.5 Å². The quantitative estimate of drug-likeness (QED) is 0.798. The lowest BCUT2D eigenvalue weighted by atomic mass is 9.79. The Kier molecular flexibility index (Phi) is 5.84. The molecule has 6 heteroatoms. The van der Waals surface area contributed by atoms with Crippen LogP contribution in [0.3, 0.4) is 0 Å². The van der Waals surface area contributed by atoms with Crippen LogP contribution in [-0.2, 0) is 9.59 Å². The van der Waals surface area contributed by atoms with Crippen molar-refractivity contribution < 1.29 is 18.4 Å². The number of halogens is 2. The molecular weight excluding hydrogens is 386 g/mol. The molecule has 2 amide bonds. The summed E-state index contributed by atoms with van der Waals surface area (Å²) in [4.78, 5) is 26.1. The number of rotatable bonds is 5. The van der Waals surface area contributed by atoms with Gasteiger partial charge in [-0.3, -0.25) is 9.59 Å². The molecule has 1 N–H and O–H groups in total. The van der Waals surface area contributed by atoms with Crippen molar-refractivity contribution in [1.29, 1.82) is 0 Å². The Labute approximate surface area is 175 Å². The maximum Gasteiger partial charge on any atom is 0.243 e. The first-order valence-corrected chi connectivity index (χ1v) is 10.5. The van der Waals surface area contributed by atoms with E-state index in [9.17, 15) is 18.4 Å². The van der Waals surface area contributed by atoms with Gasteiger partial charge in [-0.15, -0.1) is 0 Å². The third-order valence-electron chi connectivity index (χ3n) is 6.28. The molecule has 1 aliphatic carbocycles. The summed E-state index contributed by atoms with van der Waals surface area (Å²) in [6, 6.07) is 13.0. The van der Waals surface area contributed by atoms with Gasteiger partial charge in [-0.1, -0.05) is 48.9 Å². The van der Waals surface area contributed by atoms with Crippen LogP contribution in [0.2, 0.25) is 0 Å². The van der Waals surface area contributed by atoms with Gasteiger partial charge < -0.3 is 10.2 Å². The SMILES string of the molecule is CC(=O)N1C[C@H](F)C[C@H]1C(=O)N[C@@H](c1ccccc1)c1ccc(C2CCC2)c(F)c1. The van der Waals surface area contributed by atoms with E-state index < -0.39 is 24.2 Å². The first-order valence-electron chi connectivity index (χ1n) is 10.5. The molecule has 3 atom stereocenters. The van der Waals surface area contributed by atoms with Crippen molar-refractivity contribution in [3.05, 3.63) is 71.0 Å². The van der Waals surface area contributed by atoms with E-state index in [1.165, 1.54) is 17.9 Å². The Morgan fingerprint density at radius 2 is 1.83 bits per heavy atom. The van der Waals surface area contributed by atoms with Gasteiger partial charge in [0.05, 0.1) is 12.6 Å². The minimum atomic E-state index is -1.22. The Balaban J connectivity index is 1.62. The van der Waals surface area contributed by atoms with E-state index in [2.05, 4.69) is 5.32 Å². The van der Waals surface area contributed by atoms with E-state index >= 15 is 0 Å². The van der Waals surface area contributed by atoms with E-state index in [4.69, 9.17) is 0 Å². The Morgan fingerprint density at radius 1 is 1.10 bits per heavy atom. The molecule has 0 spiro atoms. The molecule has 30 heavy (non-hydrogen) atoms. The van der Waals surface area contributed by atoms with Crippen molar-refractivity contribution in [2.45, 2.75) is 56.8 Å². The molecule has 2 aromatic rings. The lowest BCUT2D eigenvalue weighted by molar-refractivity contribution is -0.137. The molecule has 4 nitrogen and oxygen atoms in total. The third-order valence-corrected chi connectivity index (χ3v) is 6.28. The molecule has 1 saturated carbocycles. The summed E-state index contributed by atoms with van der Waals surface area (Å²) in [5, 5.41) is 2.93. The highest BCUT2D eigenvalue weighted by molar-refractivity contribution is 5.88. The molecule has 158 valence electrons. The predicted molar refractivity (Wildman–Crippen MR) is 110 cm³/mol. The Hall–Kier alpha value is -2.76. The summed E-state index contributed by atoms with van der Waals surface area (Å²) < 4.78 is 28.8. The van der Waals surface area contributed by atoms with E-state index in [0.717, 1.165) is 30.4 Å². The first-order chi connectivity index (χ1) is 14.4. The molecular formula is C24H26F2N2O2. The van der Waals surface area contributed by atoms with Crippen LogP contribution in [0.5, 0.6) is 0 Å².